The van der Waals surface area contributed by atoms with Crippen LogP contribution in [-0.2, 0) is 16.0 Å². The number of aryl methyl sites for hydroxylation is 1. The molecular weight excluding hydrogens is 297 g/mol. The molecule has 2 aliphatic rings. The molecule has 3 rings (SSSR count). The predicted octanol–water partition coefficient (Wildman–Crippen LogP) is 0.789. The average Bonchev–Trinajstić information content (AvgIpc) is 2.56. The number of piperazine rings is 2. The van der Waals surface area contributed by atoms with Gasteiger partial charge in [0.15, 0.2) is 0 Å². The van der Waals surface area contributed by atoms with Gasteiger partial charge in [0, 0.05) is 32.2 Å². The summed E-state index contributed by atoms with van der Waals surface area (Å²) in [4.78, 5) is 27.3. The van der Waals surface area contributed by atoms with Gasteiger partial charge in [-0.25, -0.2) is 4.39 Å². The Morgan fingerprint density at radius 1 is 1.35 bits per heavy atom. The van der Waals surface area contributed by atoms with Gasteiger partial charge >= 0.3 is 11.8 Å². The Bertz CT molecular complexity index is 607. The molecule has 2 atom stereocenters. The number of nitrogens with zero attached hydrogens (tertiary/aromatic N) is 2. The molecule has 0 bridgehead atoms. The van der Waals surface area contributed by atoms with Crippen LogP contribution in [0.3, 0.4) is 0 Å². The lowest BCUT2D eigenvalue weighted by Gasteiger charge is -2.45. The van der Waals surface area contributed by atoms with Crippen LogP contribution in [0.5, 0.6) is 0 Å². The van der Waals surface area contributed by atoms with E-state index in [0.29, 0.717) is 19.1 Å². The monoisotopic (exact) mass is 319 g/mol. The van der Waals surface area contributed by atoms with E-state index >= 15 is 0 Å². The number of amides is 2. The minimum atomic E-state index is -0.492. The van der Waals surface area contributed by atoms with Gasteiger partial charge in [-0.15, -0.1) is 0 Å². The van der Waals surface area contributed by atoms with Crippen LogP contribution in [-0.4, -0.2) is 59.9 Å². The van der Waals surface area contributed by atoms with Crippen molar-refractivity contribution in [3.8, 4) is 0 Å². The maximum Gasteiger partial charge on any atom is 0.312 e. The van der Waals surface area contributed by atoms with Crippen molar-refractivity contribution in [2.24, 2.45) is 0 Å². The molecule has 6 heteroatoms. The van der Waals surface area contributed by atoms with E-state index in [4.69, 9.17) is 0 Å². The fourth-order valence-corrected chi connectivity index (χ4v) is 3.39. The first-order chi connectivity index (χ1) is 11.0. The Labute approximate surface area is 135 Å². The summed E-state index contributed by atoms with van der Waals surface area (Å²) in [6, 6.07) is 7.15. The van der Waals surface area contributed by atoms with Crippen LogP contribution >= 0.6 is 0 Å². The second-order valence-electron chi connectivity index (χ2n) is 6.37. The first-order valence-corrected chi connectivity index (χ1v) is 8.12. The topological polar surface area (TPSA) is 52.7 Å². The summed E-state index contributed by atoms with van der Waals surface area (Å²) in [6.45, 7) is 4.84. The number of halogens is 1. The largest absolute Gasteiger partial charge is 0.346 e. The zero-order valence-electron chi connectivity index (χ0n) is 13.3. The number of hydrogen-bond acceptors (Lipinski definition) is 3. The highest BCUT2D eigenvalue weighted by Crippen LogP contribution is 2.18. The molecular formula is C17H22FN3O2. The summed E-state index contributed by atoms with van der Waals surface area (Å²) in [7, 11) is 0. The first kappa shape index (κ1) is 15.9. The van der Waals surface area contributed by atoms with Gasteiger partial charge in [-0.2, -0.15) is 0 Å². The highest BCUT2D eigenvalue weighted by atomic mass is 19.1. The van der Waals surface area contributed by atoms with Gasteiger partial charge in [-0.05, 0) is 37.5 Å². The minimum Gasteiger partial charge on any atom is -0.346 e. The molecule has 2 amide bonds. The summed E-state index contributed by atoms with van der Waals surface area (Å²) >= 11 is 0. The van der Waals surface area contributed by atoms with Crippen molar-refractivity contribution in [3.63, 3.8) is 0 Å². The molecule has 2 fully saturated rings. The zero-order chi connectivity index (χ0) is 16.4. The molecule has 0 aromatic heterocycles. The average molecular weight is 319 g/mol. The highest BCUT2D eigenvalue weighted by molar-refractivity contribution is 6.35. The third-order valence-electron chi connectivity index (χ3n) is 4.83. The third kappa shape index (κ3) is 3.52. The van der Waals surface area contributed by atoms with Gasteiger partial charge in [0.25, 0.3) is 0 Å². The normalized spacial score (nSPS) is 23.4. The van der Waals surface area contributed by atoms with E-state index in [-0.39, 0.29) is 11.9 Å². The summed E-state index contributed by atoms with van der Waals surface area (Å²) in [6.07, 6.45) is 1.77. The third-order valence-corrected chi connectivity index (χ3v) is 4.83. The molecule has 0 aliphatic carbocycles. The SMILES string of the molecule is C[C@@H](CCc1cccc(F)c1)N1CCN2C(=O)C(=O)NC[C@@H]2C1. The van der Waals surface area contributed by atoms with Crippen LogP contribution in [0.1, 0.15) is 18.9 Å². The highest BCUT2D eigenvalue weighted by Gasteiger charge is 2.38. The zero-order valence-corrected chi connectivity index (χ0v) is 13.3. The minimum absolute atomic E-state index is 0.0607. The standard InChI is InChI=1S/C17H22FN3O2/c1-12(5-6-13-3-2-4-14(18)9-13)20-7-8-21-15(11-20)10-19-16(22)17(21)23/h2-4,9,12,15H,5-8,10-11H2,1H3,(H,19,22)/t12-,15+/m0/s1. The van der Waals surface area contributed by atoms with Crippen molar-refractivity contribution >= 4 is 11.8 Å². The Balaban J connectivity index is 1.54. The van der Waals surface area contributed by atoms with E-state index in [0.717, 1.165) is 31.5 Å². The van der Waals surface area contributed by atoms with Gasteiger partial charge in [-0.1, -0.05) is 12.1 Å². The maximum absolute atomic E-state index is 13.2. The number of carbonyl (C=O) groups excluding carboxylic acids is 2. The Morgan fingerprint density at radius 2 is 2.17 bits per heavy atom. The second kappa shape index (κ2) is 6.66. The van der Waals surface area contributed by atoms with Crippen LogP contribution in [0.25, 0.3) is 0 Å². The van der Waals surface area contributed by atoms with Gasteiger partial charge in [0.1, 0.15) is 5.82 Å². The van der Waals surface area contributed by atoms with Crippen molar-refractivity contribution in [2.75, 3.05) is 26.2 Å². The number of benzene rings is 1. The predicted molar refractivity (Wildman–Crippen MR) is 84.3 cm³/mol. The lowest BCUT2D eigenvalue weighted by molar-refractivity contribution is -0.153. The van der Waals surface area contributed by atoms with E-state index in [1.165, 1.54) is 6.07 Å². The van der Waals surface area contributed by atoms with Gasteiger partial charge in [0.05, 0.1) is 6.04 Å². The van der Waals surface area contributed by atoms with Crippen LogP contribution in [0.15, 0.2) is 24.3 Å². The number of nitrogens with one attached hydrogen (secondary N) is 1. The first-order valence-electron chi connectivity index (χ1n) is 8.12. The summed E-state index contributed by atoms with van der Waals surface area (Å²) in [5.74, 6) is -1.10. The number of fused-ring (bicyclic) bond motifs is 1. The molecule has 2 saturated heterocycles. The van der Waals surface area contributed by atoms with Gasteiger partial charge in [-0.3, -0.25) is 14.5 Å². The van der Waals surface area contributed by atoms with Crippen molar-refractivity contribution in [1.82, 2.24) is 15.1 Å². The number of hydrogen-bond donors (Lipinski definition) is 1. The van der Waals surface area contributed by atoms with E-state index < -0.39 is 11.8 Å². The van der Waals surface area contributed by atoms with Crippen molar-refractivity contribution < 1.29 is 14.0 Å². The fourth-order valence-electron chi connectivity index (χ4n) is 3.39. The van der Waals surface area contributed by atoms with Crippen LogP contribution in [0.4, 0.5) is 4.39 Å². The number of carbonyl (C=O) groups is 2. The Kier molecular flexibility index (Phi) is 4.61. The molecule has 1 aromatic carbocycles. The van der Waals surface area contributed by atoms with Crippen LogP contribution in [0, 0.1) is 5.82 Å². The van der Waals surface area contributed by atoms with Crippen LogP contribution in [0.2, 0.25) is 0 Å². The fraction of sp³-hybridized carbons (Fsp3) is 0.529. The Hall–Kier alpha value is -1.95. The lowest BCUT2D eigenvalue weighted by Crippen LogP contribution is -2.66. The van der Waals surface area contributed by atoms with Crippen LogP contribution < -0.4 is 5.32 Å². The summed E-state index contributed by atoms with van der Waals surface area (Å²) in [5, 5.41) is 2.66. The van der Waals surface area contributed by atoms with Crippen molar-refractivity contribution in [2.45, 2.75) is 31.8 Å². The number of rotatable bonds is 4. The molecule has 1 aromatic rings. The molecule has 0 unspecified atom stereocenters. The second-order valence-corrected chi connectivity index (χ2v) is 6.37. The van der Waals surface area contributed by atoms with Gasteiger partial charge in [0.2, 0.25) is 0 Å². The summed E-state index contributed by atoms with van der Waals surface area (Å²) < 4.78 is 13.2. The van der Waals surface area contributed by atoms with E-state index in [9.17, 15) is 14.0 Å². The molecule has 1 N–H and O–H groups in total. The molecule has 2 aliphatic heterocycles. The van der Waals surface area contributed by atoms with E-state index in [1.807, 2.05) is 6.07 Å². The smallest absolute Gasteiger partial charge is 0.312 e. The Morgan fingerprint density at radius 3 is 2.96 bits per heavy atom. The van der Waals surface area contributed by atoms with Crippen molar-refractivity contribution in [1.29, 1.82) is 0 Å². The summed E-state index contributed by atoms with van der Waals surface area (Å²) in [5.41, 5.74) is 1.01. The van der Waals surface area contributed by atoms with E-state index in [2.05, 4.69) is 17.1 Å². The molecule has 23 heavy (non-hydrogen) atoms. The van der Waals surface area contributed by atoms with E-state index in [1.54, 1.807) is 17.0 Å². The molecule has 5 nitrogen and oxygen atoms in total. The molecule has 0 saturated carbocycles. The van der Waals surface area contributed by atoms with Crippen molar-refractivity contribution in [3.05, 3.63) is 35.6 Å². The maximum atomic E-state index is 13.2. The molecule has 2 heterocycles. The molecule has 0 spiro atoms. The molecule has 0 radical (unpaired) electrons. The molecule has 124 valence electrons. The lowest BCUT2D eigenvalue weighted by atomic mass is 10.0. The van der Waals surface area contributed by atoms with Gasteiger partial charge < -0.3 is 10.2 Å². The quantitative estimate of drug-likeness (QED) is 0.835.